The van der Waals surface area contributed by atoms with Gasteiger partial charge in [0, 0.05) is 17.5 Å². The fourth-order valence-electron chi connectivity index (χ4n) is 2.20. The van der Waals surface area contributed by atoms with E-state index in [1.165, 1.54) is 18.2 Å². The minimum atomic E-state index is -0.439. The summed E-state index contributed by atoms with van der Waals surface area (Å²) in [5, 5.41) is 21.8. The predicted molar refractivity (Wildman–Crippen MR) is 90.4 cm³/mol. The quantitative estimate of drug-likeness (QED) is 0.560. The number of benzene rings is 2. The molecule has 2 aromatic carbocycles. The van der Waals surface area contributed by atoms with E-state index in [0.717, 1.165) is 0 Å². The summed E-state index contributed by atoms with van der Waals surface area (Å²) in [7, 11) is 0. The van der Waals surface area contributed by atoms with Crippen LogP contribution in [0.15, 0.2) is 48.5 Å². The molecule has 0 saturated carbocycles. The summed E-state index contributed by atoms with van der Waals surface area (Å²) in [6, 6.07) is 12.9. The molecule has 3 aromatic rings. The minimum Gasteiger partial charge on any atom is -0.506 e. The molecule has 6 heteroatoms. The Kier molecular flexibility index (Phi) is 3.95. The average Bonchev–Trinajstić information content (AvgIpc) is 2.56. The van der Waals surface area contributed by atoms with Gasteiger partial charge in [0.2, 0.25) is 0 Å². The first kappa shape index (κ1) is 15.0. The van der Waals surface area contributed by atoms with E-state index in [1.54, 1.807) is 42.5 Å². The third-order valence-corrected chi connectivity index (χ3v) is 3.66. The van der Waals surface area contributed by atoms with Gasteiger partial charge >= 0.3 is 0 Å². The number of non-ortho nitro benzene ring substituents is 1. The molecule has 3 rings (SSSR count). The highest BCUT2D eigenvalue weighted by atomic mass is 35.5. The molecule has 0 aliphatic heterocycles. The van der Waals surface area contributed by atoms with E-state index >= 15 is 0 Å². The second kappa shape index (κ2) is 6.06. The third-order valence-electron chi connectivity index (χ3n) is 3.33. The smallest absolute Gasteiger partial charge is 0.270 e. The standard InChI is InChI=1S/C17H11ClN2O3/c18-15-8-9-16(21)17-14(15)7-6-12(19-17)5-4-11-2-1-3-13(10-11)20(22)23/h1-10,21H/b5-4+. The molecule has 0 aliphatic rings. The maximum absolute atomic E-state index is 10.8. The lowest BCUT2D eigenvalue weighted by molar-refractivity contribution is -0.384. The van der Waals surface area contributed by atoms with Crippen molar-refractivity contribution in [3.8, 4) is 5.75 Å². The zero-order valence-electron chi connectivity index (χ0n) is 11.8. The van der Waals surface area contributed by atoms with E-state index in [4.69, 9.17) is 11.6 Å². The van der Waals surface area contributed by atoms with Crippen molar-refractivity contribution >= 4 is 40.3 Å². The normalized spacial score (nSPS) is 11.2. The summed E-state index contributed by atoms with van der Waals surface area (Å²) >= 11 is 6.07. The monoisotopic (exact) mass is 326 g/mol. The average molecular weight is 327 g/mol. The number of aromatic nitrogens is 1. The van der Waals surface area contributed by atoms with Gasteiger partial charge in [0.25, 0.3) is 5.69 Å². The Morgan fingerprint density at radius 2 is 1.96 bits per heavy atom. The number of nitrogens with zero attached hydrogens (tertiary/aromatic N) is 2. The Morgan fingerprint density at radius 1 is 1.13 bits per heavy atom. The van der Waals surface area contributed by atoms with E-state index in [1.807, 2.05) is 0 Å². The van der Waals surface area contributed by atoms with Crippen LogP contribution in [0.3, 0.4) is 0 Å². The number of pyridine rings is 1. The van der Waals surface area contributed by atoms with E-state index in [2.05, 4.69) is 4.98 Å². The Labute approximate surface area is 136 Å². The number of halogens is 1. The van der Waals surface area contributed by atoms with Crippen LogP contribution in [0.2, 0.25) is 5.02 Å². The summed E-state index contributed by atoms with van der Waals surface area (Å²) in [6.45, 7) is 0. The summed E-state index contributed by atoms with van der Waals surface area (Å²) in [5.74, 6) is 0.0509. The van der Waals surface area contributed by atoms with Crippen molar-refractivity contribution in [3.05, 3.63) is 74.9 Å². The van der Waals surface area contributed by atoms with E-state index in [0.29, 0.717) is 27.2 Å². The molecule has 0 bridgehead atoms. The van der Waals surface area contributed by atoms with Crippen LogP contribution >= 0.6 is 11.6 Å². The first-order chi connectivity index (χ1) is 11.0. The van der Waals surface area contributed by atoms with Gasteiger partial charge in [0.05, 0.1) is 15.6 Å². The topological polar surface area (TPSA) is 76.3 Å². The summed E-state index contributed by atoms with van der Waals surface area (Å²) in [6.07, 6.45) is 3.45. The Balaban J connectivity index is 1.97. The van der Waals surface area contributed by atoms with Gasteiger partial charge in [0.15, 0.2) is 0 Å². The molecule has 114 valence electrons. The second-order valence-corrected chi connectivity index (χ2v) is 5.29. The van der Waals surface area contributed by atoms with Gasteiger partial charge < -0.3 is 5.11 Å². The first-order valence-electron chi connectivity index (χ1n) is 6.75. The van der Waals surface area contributed by atoms with Crippen LogP contribution in [0.4, 0.5) is 5.69 Å². The van der Waals surface area contributed by atoms with Crippen LogP contribution in [0.25, 0.3) is 23.1 Å². The number of nitro benzene ring substituents is 1. The van der Waals surface area contributed by atoms with Crippen molar-refractivity contribution in [1.29, 1.82) is 0 Å². The molecule has 23 heavy (non-hydrogen) atoms. The van der Waals surface area contributed by atoms with Gasteiger partial charge in [-0.1, -0.05) is 29.8 Å². The lowest BCUT2D eigenvalue weighted by Crippen LogP contribution is -1.87. The van der Waals surface area contributed by atoms with Crippen LogP contribution in [0.5, 0.6) is 5.75 Å². The predicted octanol–water partition coefficient (Wildman–Crippen LogP) is 4.67. The fourth-order valence-corrected chi connectivity index (χ4v) is 2.41. The SMILES string of the molecule is O=[N+]([O-])c1cccc(/C=C/c2ccc3c(Cl)ccc(O)c3n2)c1. The van der Waals surface area contributed by atoms with Gasteiger partial charge in [-0.05, 0) is 35.9 Å². The molecule has 0 radical (unpaired) electrons. The summed E-state index contributed by atoms with van der Waals surface area (Å²) in [4.78, 5) is 14.7. The number of nitro groups is 1. The van der Waals surface area contributed by atoms with Crippen molar-refractivity contribution in [2.75, 3.05) is 0 Å². The molecule has 0 fully saturated rings. The number of hydrogen-bond donors (Lipinski definition) is 1. The van der Waals surface area contributed by atoms with Crippen LogP contribution in [0.1, 0.15) is 11.3 Å². The zero-order valence-corrected chi connectivity index (χ0v) is 12.6. The Hall–Kier alpha value is -2.92. The van der Waals surface area contributed by atoms with Gasteiger partial charge in [-0.2, -0.15) is 0 Å². The minimum absolute atomic E-state index is 0.0306. The van der Waals surface area contributed by atoms with Crippen LogP contribution in [-0.4, -0.2) is 15.0 Å². The molecule has 1 N–H and O–H groups in total. The highest BCUT2D eigenvalue weighted by Gasteiger charge is 2.06. The van der Waals surface area contributed by atoms with Crippen molar-refractivity contribution in [3.63, 3.8) is 0 Å². The lowest BCUT2D eigenvalue weighted by atomic mass is 10.1. The Morgan fingerprint density at radius 3 is 2.74 bits per heavy atom. The molecule has 0 spiro atoms. The molecular formula is C17H11ClN2O3. The highest BCUT2D eigenvalue weighted by molar-refractivity contribution is 6.35. The van der Waals surface area contributed by atoms with Crippen molar-refractivity contribution in [2.45, 2.75) is 0 Å². The molecule has 5 nitrogen and oxygen atoms in total. The van der Waals surface area contributed by atoms with Crippen LogP contribution in [-0.2, 0) is 0 Å². The summed E-state index contributed by atoms with van der Waals surface area (Å²) in [5.41, 5.74) is 1.75. The number of hydrogen-bond acceptors (Lipinski definition) is 4. The molecular weight excluding hydrogens is 316 g/mol. The maximum atomic E-state index is 10.8. The molecule has 0 amide bonds. The maximum Gasteiger partial charge on any atom is 0.270 e. The van der Waals surface area contributed by atoms with Crippen LogP contribution < -0.4 is 0 Å². The highest BCUT2D eigenvalue weighted by Crippen LogP contribution is 2.29. The van der Waals surface area contributed by atoms with Gasteiger partial charge in [0.1, 0.15) is 11.3 Å². The molecule has 0 unspecified atom stereocenters. The number of phenolic OH excluding ortho intramolecular Hbond substituents is 1. The number of phenols is 1. The number of fused-ring (bicyclic) bond motifs is 1. The van der Waals surface area contributed by atoms with Gasteiger partial charge in [-0.15, -0.1) is 0 Å². The van der Waals surface area contributed by atoms with Crippen molar-refractivity contribution < 1.29 is 10.0 Å². The van der Waals surface area contributed by atoms with E-state index in [9.17, 15) is 15.2 Å². The lowest BCUT2D eigenvalue weighted by Gasteiger charge is -2.03. The number of rotatable bonds is 3. The Bertz CT molecular complexity index is 938. The number of aromatic hydroxyl groups is 1. The first-order valence-corrected chi connectivity index (χ1v) is 7.13. The zero-order chi connectivity index (χ0) is 16.4. The van der Waals surface area contributed by atoms with Gasteiger partial charge in [-0.25, -0.2) is 4.98 Å². The molecule has 0 aliphatic carbocycles. The molecule has 0 atom stereocenters. The third kappa shape index (κ3) is 3.14. The second-order valence-electron chi connectivity index (χ2n) is 4.88. The van der Waals surface area contributed by atoms with E-state index in [-0.39, 0.29) is 11.4 Å². The molecule has 1 heterocycles. The summed E-state index contributed by atoms with van der Waals surface area (Å²) < 4.78 is 0. The fraction of sp³-hybridized carbons (Fsp3) is 0. The largest absolute Gasteiger partial charge is 0.506 e. The van der Waals surface area contributed by atoms with Crippen molar-refractivity contribution in [2.24, 2.45) is 0 Å². The molecule has 1 aromatic heterocycles. The van der Waals surface area contributed by atoms with Crippen molar-refractivity contribution in [1.82, 2.24) is 4.98 Å². The van der Waals surface area contributed by atoms with Gasteiger partial charge in [-0.3, -0.25) is 10.1 Å². The van der Waals surface area contributed by atoms with Crippen LogP contribution in [0, 0.1) is 10.1 Å². The van der Waals surface area contributed by atoms with E-state index < -0.39 is 4.92 Å². The molecule has 0 saturated heterocycles.